The number of halogens is 3. The van der Waals surface area contributed by atoms with Crippen molar-refractivity contribution in [2.75, 3.05) is 18.5 Å². The Kier molecular flexibility index (Phi) is 7.47. The summed E-state index contributed by atoms with van der Waals surface area (Å²) >= 11 is 1.29. The number of rotatable bonds is 7. The van der Waals surface area contributed by atoms with Gasteiger partial charge in [0.25, 0.3) is 0 Å². The number of alkyl halides is 3. The van der Waals surface area contributed by atoms with Gasteiger partial charge in [0.2, 0.25) is 0 Å². The van der Waals surface area contributed by atoms with Crippen molar-refractivity contribution in [2.24, 2.45) is 0 Å². The van der Waals surface area contributed by atoms with Gasteiger partial charge in [0.05, 0.1) is 23.6 Å². The molecular weight excluding hydrogens is 443 g/mol. The molecular formula is C22H20F3N3O3S. The molecule has 0 bridgehead atoms. The van der Waals surface area contributed by atoms with E-state index in [-0.39, 0.29) is 6.54 Å². The lowest BCUT2D eigenvalue weighted by molar-refractivity contribution is -0.137. The van der Waals surface area contributed by atoms with E-state index < -0.39 is 23.6 Å². The topological polar surface area (TPSA) is 80.3 Å². The predicted molar refractivity (Wildman–Crippen MR) is 116 cm³/mol. The van der Waals surface area contributed by atoms with Crippen molar-refractivity contribution < 1.29 is 27.5 Å². The number of hydrogen-bond acceptors (Lipinski definition) is 5. The van der Waals surface area contributed by atoms with Crippen molar-refractivity contribution in [1.29, 1.82) is 0 Å². The summed E-state index contributed by atoms with van der Waals surface area (Å²) in [6.07, 6.45) is -4.02. The molecule has 0 saturated heterocycles. The second-order valence-electron chi connectivity index (χ2n) is 6.61. The smallest absolute Gasteiger partial charge is 0.416 e. The molecule has 3 aromatic rings. The lowest BCUT2D eigenvalue weighted by atomic mass is 10.1. The maximum absolute atomic E-state index is 12.7. The van der Waals surface area contributed by atoms with Crippen molar-refractivity contribution >= 4 is 28.8 Å². The number of aromatic nitrogens is 1. The van der Waals surface area contributed by atoms with E-state index in [2.05, 4.69) is 15.6 Å². The first kappa shape index (κ1) is 23.3. The third kappa shape index (κ3) is 6.07. The molecule has 0 atom stereocenters. The predicted octanol–water partition coefficient (Wildman–Crippen LogP) is 4.53. The van der Waals surface area contributed by atoms with E-state index in [0.717, 1.165) is 12.1 Å². The number of hydrogen-bond donors (Lipinski definition) is 2. The summed E-state index contributed by atoms with van der Waals surface area (Å²) in [4.78, 5) is 28.6. The van der Waals surface area contributed by atoms with E-state index in [0.29, 0.717) is 40.7 Å². The van der Waals surface area contributed by atoms with Crippen LogP contribution in [-0.4, -0.2) is 29.9 Å². The van der Waals surface area contributed by atoms with Gasteiger partial charge in [-0.2, -0.15) is 13.2 Å². The Morgan fingerprint density at radius 2 is 1.78 bits per heavy atom. The van der Waals surface area contributed by atoms with Crippen LogP contribution < -0.4 is 15.4 Å². The Morgan fingerprint density at radius 1 is 1.06 bits per heavy atom. The molecule has 0 unspecified atom stereocenters. The molecule has 0 aliphatic carbocycles. The van der Waals surface area contributed by atoms with Crippen molar-refractivity contribution in [3.8, 4) is 16.3 Å². The van der Waals surface area contributed by atoms with Crippen LogP contribution in [-0.2, 0) is 22.2 Å². The van der Waals surface area contributed by atoms with Crippen LogP contribution in [0.2, 0.25) is 0 Å². The maximum Gasteiger partial charge on any atom is 0.416 e. The maximum atomic E-state index is 12.7. The van der Waals surface area contributed by atoms with E-state index >= 15 is 0 Å². The van der Waals surface area contributed by atoms with Crippen LogP contribution in [0.4, 0.5) is 18.9 Å². The average Bonchev–Trinajstić information content (AvgIpc) is 3.23. The highest BCUT2D eigenvalue weighted by Crippen LogP contribution is 2.31. The fourth-order valence-corrected chi connectivity index (χ4v) is 3.63. The molecule has 0 aliphatic rings. The number of benzene rings is 2. The van der Waals surface area contributed by atoms with Gasteiger partial charge in [0, 0.05) is 23.9 Å². The molecule has 2 N–H and O–H groups in total. The van der Waals surface area contributed by atoms with E-state index in [4.69, 9.17) is 4.74 Å². The molecule has 0 aliphatic heterocycles. The van der Waals surface area contributed by atoms with Crippen molar-refractivity contribution in [2.45, 2.75) is 19.5 Å². The molecule has 0 saturated carbocycles. The first-order chi connectivity index (χ1) is 15.3. The Balaban J connectivity index is 1.51. The van der Waals surface area contributed by atoms with Gasteiger partial charge < -0.3 is 15.4 Å². The molecule has 0 fully saturated rings. The zero-order chi connectivity index (χ0) is 23.1. The van der Waals surface area contributed by atoms with Gasteiger partial charge in [-0.3, -0.25) is 9.59 Å². The molecule has 0 radical (unpaired) electrons. The Labute approximate surface area is 186 Å². The number of thiazole rings is 1. The normalized spacial score (nSPS) is 11.1. The van der Waals surface area contributed by atoms with E-state index in [1.807, 2.05) is 6.92 Å². The number of carbonyl (C=O) groups is 2. The van der Waals surface area contributed by atoms with E-state index in [1.54, 1.807) is 29.6 Å². The second-order valence-corrected chi connectivity index (χ2v) is 7.47. The Bertz CT molecular complexity index is 1080. The molecule has 1 aromatic heterocycles. The fraction of sp³-hybridized carbons (Fsp3) is 0.227. The van der Waals surface area contributed by atoms with Crippen LogP contribution in [0.1, 0.15) is 18.2 Å². The molecule has 168 valence electrons. The standard InChI is InChI=1S/C22H20F3N3O3S/c1-2-31-18-6-4-3-5-17(18)28-20(30)19(29)26-12-11-16-13-32-21(27-16)14-7-9-15(10-8-14)22(23,24)25/h3-10,13H,2,11-12H2,1H3,(H,26,29)(H,28,30). The lowest BCUT2D eigenvalue weighted by Crippen LogP contribution is -2.36. The molecule has 10 heteroatoms. The number of nitrogens with one attached hydrogen (secondary N) is 2. The Hall–Kier alpha value is -3.40. The van der Waals surface area contributed by atoms with Gasteiger partial charge in [0.1, 0.15) is 10.8 Å². The summed E-state index contributed by atoms with van der Waals surface area (Å²) in [5.41, 5.74) is 0.913. The third-order valence-corrected chi connectivity index (χ3v) is 5.26. The molecule has 1 heterocycles. The van der Waals surface area contributed by atoms with Crippen molar-refractivity contribution in [1.82, 2.24) is 10.3 Å². The number of ether oxygens (including phenoxy) is 1. The van der Waals surface area contributed by atoms with Crippen LogP contribution in [0, 0.1) is 0 Å². The highest BCUT2D eigenvalue weighted by Gasteiger charge is 2.30. The van der Waals surface area contributed by atoms with Crippen LogP contribution in [0.15, 0.2) is 53.9 Å². The number of para-hydroxylation sites is 2. The minimum Gasteiger partial charge on any atom is -0.492 e. The summed E-state index contributed by atoms with van der Waals surface area (Å²) in [6, 6.07) is 11.6. The summed E-state index contributed by atoms with van der Waals surface area (Å²) in [5, 5.41) is 7.37. The summed E-state index contributed by atoms with van der Waals surface area (Å²) in [6.45, 7) is 2.41. The van der Waals surface area contributed by atoms with Gasteiger partial charge in [-0.25, -0.2) is 4.98 Å². The van der Waals surface area contributed by atoms with Crippen molar-refractivity contribution in [3.63, 3.8) is 0 Å². The second kappa shape index (κ2) is 10.3. The van der Waals surface area contributed by atoms with Crippen LogP contribution in [0.5, 0.6) is 5.75 Å². The lowest BCUT2D eigenvalue weighted by Gasteiger charge is -2.11. The van der Waals surface area contributed by atoms with Crippen LogP contribution >= 0.6 is 11.3 Å². The summed E-state index contributed by atoms with van der Waals surface area (Å²) in [5.74, 6) is -1.15. The number of anilines is 1. The molecule has 0 spiro atoms. The molecule has 2 aromatic carbocycles. The SMILES string of the molecule is CCOc1ccccc1NC(=O)C(=O)NCCc1csc(-c2ccc(C(F)(F)F)cc2)n1. The number of carbonyl (C=O) groups excluding carboxylic acids is 2. The van der Waals surface area contributed by atoms with Crippen LogP contribution in [0.3, 0.4) is 0 Å². The van der Waals surface area contributed by atoms with E-state index in [9.17, 15) is 22.8 Å². The van der Waals surface area contributed by atoms with Gasteiger partial charge in [-0.1, -0.05) is 24.3 Å². The zero-order valence-electron chi connectivity index (χ0n) is 17.0. The molecule has 32 heavy (non-hydrogen) atoms. The third-order valence-electron chi connectivity index (χ3n) is 4.32. The zero-order valence-corrected chi connectivity index (χ0v) is 17.8. The highest BCUT2D eigenvalue weighted by atomic mass is 32.1. The minimum absolute atomic E-state index is 0.176. The summed E-state index contributed by atoms with van der Waals surface area (Å²) in [7, 11) is 0. The number of amides is 2. The number of nitrogens with zero attached hydrogens (tertiary/aromatic N) is 1. The van der Waals surface area contributed by atoms with E-state index in [1.165, 1.54) is 23.5 Å². The summed E-state index contributed by atoms with van der Waals surface area (Å²) < 4.78 is 43.5. The first-order valence-corrected chi connectivity index (χ1v) is 10.6. The molecule has 3 rings (SSSR count). The van der Waals surface area contributed by atoms with Crippen molar-refractivity contribution in [3.05, 3.63) is 65.2 Å². The minimum atomic E-state index is -4.39. The largest absolute Gasteiger partial charge is 0.492 e. The van der Waals surface area contributed by atoms with Gasteiger partial charge in [-0.15, -0.1) is 11.3 Å². The Morgan fingerprint density at radius 3 is 2.47 bits per heavy atom. The fourth-order valence-electron chi connectivity index (χ4n) is 2.77. The van der Waals surface area contributed by atoms with Gasteiger partial charge in [-0.05, 0) is 31.2 Å². The first-order valence-electron chi connectivity index (χ1n) is 9.71. The average molecular weight is 463 g/mol. The quantitative estimate of drug-likeness (QED) is 0.505. The monoisotopic (exact) mass is 463 g/mol. The molecule has 6 nitrogen and oxygen atoms in total. The highest BCUT2D eigenvalue weighted by molar-refractivity contribution is 7.13. The molecule has 2 amide bonds. The van der Waals surface area contributed by atoms with Crippen LogP contribution in [0.25, 0.3) is 10.6 Å². The van der Waals surface area contributed by atoms with Gasteiger partial charge in [0.15, 0.2) is 0 Å². The van der Waals surface area contributed by atoms with Gasteiger partial charge >= 0.3 is 18.0 Å².